The van der Waals surface area contributed by atoms with Crippen LogP contribution in [0.25, 0.3) is 0 Å². The Kier molecular flexibility index (Phi) is 5.19. The van der Waals surface area contributed by atoms with Crippen LogP contribution in [0.2, 0.25) is 5.02 Å². The van der Waals surface area contributed by atoms with Gasteiger partial charge in [-0.05, 0) is 49.2 Å². The quantitative estimate of drug-likeness (QED) is 0.758. The molecule has 7 heteroatoms. The van der Waals surface area contributed by atoms with Crippen LogP contribution in [0.5, 0.6) is 11.5 Å². The number of anilines is 1. The van der Waals surface area contributed by atoms with Crippen LogP contribution in [-0.2, 0) is 26.6 Å². The first-order valence-electron chi connectivity index (χ1n) is 9.28. The summed E-state index contributed by atoms with van der Waals surface area (Å²) in [6, 6.07) is 11.0. The molecular weight excluding hydrogens is 382 g/mol. The lowest BCUT2D eigenvalue weighted by Crippen LogP contribution is -2.47. The Bertz CT molecular complexity index is 894. The lowest BCUT2D eigenvalue weighted by Gasteiger charge is -2.32. The molecule has 2 aliphatic heterocycles. The van der Waals surface area contributed by atoms with Crippen molar-refractivity contribution in [2.75, 3.05) is 31.8 Å². The molecule has 0 aromatic heterocycles. The molecule has 1 saturated heterocycles. The van der Waals surface area contributed by atoms with Gasteiger partial charge in [0.1, 0.15) is 0 Å². The van der Waals surface area contributed by atoms with Gasteiger partial charge in [-0.3, -0.25) is 4.79 Å². The number of nitrogens with zero attached hydrogens (tertiary/aromatic N) is 1. The van der Waals surface area contributed by atoms with Crippen molar-refractivity contribution < 1.29 is 23.7 Å². The molecule has 0 N–H and O–H groups in total. The van der Waals surface area contributed by atoms with Gasteiger partial charge < -0.3 is 23.8 Å². The third-order valence-corrected chi connectivity index (χ3v) is 5.13. The lowest BCUT2D eigenvalue weighted by atomic mass is 10.1. The monoisotopic (exact) mass is 403 g/mol. The van der Waals surface area contributed by atoms with Crippen LogP contribution in [0.4, 0.5) is 5.69 Å². The fourth-order valence-electron chi connectivity index (χ4n) is 3.65. The number of hydrogen-bond donors (Lipinski definition) is 0. The number of hydrogen-bond acceptors (Lipinski definition) is 5. The zero-order valence-corrected chi connectivity index (χ0v) is 16.6. The summed E-state index contributed by atoms with van der Waals surface area (Å²) in [5.41, 5.74) is 2.30. The molecule has 2 aliphatic rings. The second-order valence-electron chi connectivity index (χ2n) is 6.64. The topological polar surface area (TPSA) is 57.2 Å². The van der Waals surface area contributed by atoms with E-state index in [0.29, 0.717) is 48.5 Å². The number of halogens is 1. The summed E-state index contributed by atoms with van der Waals surface area (Å²) in [5.74, 6) is -0.350. The largest absolute Gasteiger partial charge is 0.493 e. The molecule has 0 atom stereocenters. The predicted octanol–water partition coefficient (Wildman–Crippen LogP) is 3.88. The highest BCUT2D eigenvalue weighted by molar-refractivity contribution is 6.31. The maximum atomic E-state index is 13.4. The second kappa shape index (κ2) is 7.62. The van der Waals surface area contributed by atoms with Gasteiger partial charge in [0.15, 0.2) is 11.5 Å². The van der Waals surface area contributed by atoms with Crippen LogP contribution in [0.15, 0.2) is 36.4 Å². The van der Waals surface area contributed by atoms with Crippen LogP contribution in [0, 0.1) is 0 Å². The Morgan fingerprint density at radius 2 is 1.93 bits per heavy atom. The average Bonchev–Trinajstić information content (AvgIpc) is 2.92. The standard InChI is InChI=1S/C21H22ClNO5/c1-3-26-18-8-5-14(11-19(18)25-2)13-23-17-7-6-15(22)12-16(17)21(20(23)24)27-9-4-10-28-21/h5-8,11-12H,3-4,9-10,13H2,1-2H3. The fraction of sp³-hybridized carbons (Fsp3) is 0.381. The Labute approximate surface area is 168 Å². The van der Waals surface area contributed by atoms with Crippen LogP contribution in [-0.4, -0.2) is 32.8 Å². The van der Waals surface area contributed by atoms with Crippen LogP contribution in [0.1, 0.15) is 24.5 Å². The molecule has 0 saturated carbocycles. The highest BCUT2D eigenvalue weighted by Crippen LogP contribution is 2.46. The van der Waals surface area contributed by atoms with Gasteiger partial charge in [-0.25, -0.2) is 0 Å². The minimum Gasteiger partial charge on any atom is -0.493 e. The van der Waals surface area contributed by atoms with E-state index in [1.54, 1.807) is 24.1 Å². The summed E-state index contributed by atoms with van der Waals surface area (Å²) >= 11 is 6.20. The number of benzene rings is 2. The Morgan fingerprint density at radius 1 is 1.14 bits per heavy atom. The van der Waals surface area contributed by atoms with Crippen molar-refractivity contribution >= 4 is 23.2 Å². The van der Waals surface area contributed by atoms with Gasteiger partial charge in [0, 0.05) is 10.6 Å². The number of methoxy groups -OCH3 is 1. The molecule has 1 spiro atoms. The van der Waals surface area contributed by atoms with Gasteiger partial charge in [-0.1, -0.05) is 17.7 Å². The zero-order valence-electron chi connectivity index (χ0n) is 15.9. The van der Waals surface area contributed by atoms with Gasteiger partial charge in [-0.15, -0.1) is 0 Å². The normalized spacial score (nSPS) is 17.7. The summed E-state index contributed by atoms with van der Waals surface area (Å²) in [6.45, 7) is 3.74. The van der Waals surface area contributed by atoms with Gasteiger partial charge in [0.2, 0.25) is 0 Å². The van der Waals surface area contributed by atoms with Crippen molar-refractivity contribution in [1.82, 2.24) is 0 Å². The number of fused-ring (bicyclic) bond motifs is 2. The smallest absolute Gasteiger partial charge is 0.292 e. The van der Waals surface area contributed by atoms with Crippen molar-refractivity contribution in [3.8, 4) is 11.5 Å². The van der Waals surface area contributed by atoms with Gasteiger partial charge in [0.05, 0.1) is 39.2 Å². The van der Waals surface area contributed by atoms with Crippen molar-refractivity contribution in [3.63, 3.8) is 0 Å². The van der Waals surface area contributed by atoms with Crippen LogP contribution >= 0.6 is 11.6 Å². The minimum atomic E-state index is -1.41. The third-order valence-electron chi connectivity index (χ3n) is 4.90. The lowest BCUT2D eigenvalue weighted by molar-refractivity contribution is -0.256. The molecule has 0 aliphatic carbocycles. The molecular formula is C21H22ClNO5. The molecule has 6 nitrogen and oxygen atoms in total. The summed E-state index contributed by atoms with van der Waals surface area (Å²) in [5, 5.41) is 0.535. The van der Waals surface area contributed by atoms with Crippen molar-refractivity contribution in [1.29, 1.82) is 0 Å². The molecule has 2 heterocycles. The highest BCUT2D eigenvalue weighted by Gasteiger charge is 2.54. The first-order valence-corrected chi connectivity index (χ1v) is 9.66. The fourth-order valence-corrected chi connectivity index (χ4v) is 3.82. The summed E-state index contributed by atoms with van der Waals surface area (Å²) in [7, 11) is 1.60. The molecule has 1 amide bonds. The molecule has 0 unspecified atom stereocenters. The molecule has 2 aromatic rings. The first kappa shape index (κ1) is 19.1. The van der Waals surface area contributed by atoms with E-state index in [0.717, 1.165) is 17.7 Å². The molecule has 0 bridgehead atoms. The van der Waals surface area contributed by atoms with Crippen LogP contribution in [0.3, 0.4) is 0 Å². The highest BCUT2D eigenvalue weighted by atomic mass is 35.5. The van der Waals surface area contributed by atoms with Crippen molar-refractivity contribution in [2.45, 2.75) is 25.7 Å². The Morgan fingerprint density at radius 3 is 2.64 bits per heavy atom. The zero-order chi connectivity index (χ0) is 19.7. The number of rotatable bonds is 5. The number of carbonyl (C=O) groups excluding carboxylic acids is 1. The molecule has 1 fully saturated rings. The van der Waals surface area contributed by atoms with E-state index in [1.165, 1.54) is 0 Å². The van der Waals surface area contributed by atoms with Gasteiger partial charge in [0.25, 0.3) is 11.7 Å². The summed E-state index contributed by atoms with van der Waals surface area (Å²) in [4.78, 5) is 15.0. The first-order chi connectivity index (χ1) is 13.6. The van der Waals surface area contributed by atoms with Crippen LogP contribution < -0.4 is 14.4 Å². The second-order valence-corrected chi connectivity index (χ2v) is 7.07. The molecule has 4 rings (SSSR count). The molecule has 2 aromatic carbocycles. The Balaban J connectivity index is 1.70. The van der Waals surface area contributed by atoms with Crippen molar-refractivity contribution in [2.24, 2.45) is 0 Å². The Hall–Kier alpha value is -2.28. The van der Waals surface area contributed by atoms with E-state index in [1.807, 2.05) is 31.2 Å². The molecule has 148 valence electrons. The summed E-state index contributed by atoms with van der Waals surface area (Å²) in [6.07, 6.45) is 0.751. The molecule has 0 radical (unpaired) electrons. The van der Waals surface area contributed by atoms with Gasteiger partial charge in [-0.2, -0.15) is 0 Å². The summed E-state index contributed by atoms with van der Waals surface area (Å²) < 4.78 is 22.7. The maximum Gasteiger partial charge on any atom is 0.292 e. The maximum absolute atomic E-state index is 13.4. The minimum absolute atomic E-state index is 0.239. The number of carbonyl (C=O) groups is 1. The van der Waals surface area contributed by atoms with Gasteiger partial charge >= 0.3 is 0 Å². The third kappa shape index (κ3) is 3.11. The van der Waals surface area contributed by atoms with E-state index in [4.69, 9.17) is 30.5 Å². The number of amides is 1. The van der Waals surface area contributed by atoms with E-state index < -0.39 is 5.79 Å². The number of ether oxygens (including phenoxy) is 4. The average molecular weight is 404 g/mol. The van der Waals surface area contributed by atoms with E-state index in [2.05, 4.69) is 0 Å². The SMILES string of the molecule is CCOc1ccc(CN2C(=O)C3(OCCCO3)c3cc(Cl)ccc32)cc1OC. The van der Waals surface area contributed by atoms with Crippen molar-refractivity contribution in [3.05, 3.63) is 52.5 Å². The molecule has 28 heavy (non-hydrogen) atoms. The van der Waals surface area contributed by atoms with E-state index in [-0.39, 0.29) is 5.91 Å². The predicted molar refractivity (Wildman–Crippen MR) is 105 cm³/mol. The van der Waals surface area contributed by atoms with E-state index >= 15 is 0 Å². The van der Waals surface area contributed by atoms with E-state index in [9.17, 15) is 4.79 Å².